The maximum atomic E-state index is 13.8. The maximum Gasteiger partial charge on any atom is 0.221 e. The quantitative estimate of drug-likeness (QED) is 0.506. The zero-order valence-corrected chi connectivity index (χ0v) is 20.3. The molecule has 1 amide bonds. The highest BCUT2D eigenvalue weighted by atomic mass is 16.6. The fourth-order valence-corrected chi connectivity index (χ4v) is 5.14. The van der Waals surface area contributed by atoms with Gasteiger partial charge in [0.15, 0.2) is 0 Å². The smallest absolute Gasteiger partial charge is 0.221 e. The first-order valence-corrected chi connectivity index (χ1v) is 11.4. The molecule has 0 saturated carbocycles. The van der Waals surface area contributed by atoms with Gasteiger partial charge in [0, 0.05) is 18.2 Å². The fourth-order valence-electron chi connectivity index (χ4n) is 5.14. The van der Waals surface area contributed by atoms with Gasteiger partial charge in [0.2, 0.25) is 5.91 Å². The highest BCUT2D eigenvalue weighted by Gasteiger charge is 2.72. The van der Waals surface area contributed by atoms with Crippen LogP contribution in [0.1, 0.15) is 45.2 Å². The summed E-state index contributed by atoms with van der Waals surface area (Å²) in [6.45, 7) is 8.40. The third kappa shape index (κ3) is 4.64. The molecule has 1 heterocycles. The molecule has 3 rings (SSSR count). The van der Waals surface area contributed by atoms with Gasteiger partial charge in [0.25, 0.3) is 0 Å². The lowest BCUT2D eigenvalue weighted by atomic mass is 9.73. The van der Waals surface area contributed by atoms with Gasteiger partial charge >= 0.3 is 0 Å². The van der Waals surface area contributed by atoms with E-state index in [9.17, 15) is 15.1 Å². The first kappa shape index (κ1) is 25.2. The predicted octanol–water partition coefficient (Wildman–Crippen LogP) is 2.69. The summed E-state index contributed by atoms with van der Waals surface area (Å²) in [5.41, 5.74) is 5.25. The Labute approximate surface area is 196 Å². The largest absolute Gasteiger partial charge is 0.491 e. The first-order chi connectivity index (χ1) is 15.3. The van der Waals surface area contributed by atoms with Crippen molar-refractivity contribution in [3.05, 3.63) is 65.7 Å². The molecule has 4 N–H and O–H groups in total. The second-order valence-electron chi connectivity index (χ2n) is 10.4. The number of nitrogens with one attached hydrogen (secondary N) is 1. The molecule has 179 valence electrons. The van der Waals surface area contributed by atoms with Crippen LogP contribution in [0.5, 0.6) is 5.75 Å². The van der Waals surface area contributed by atoms with Gasteiger partial charge in [-0.3, -0.25) is 10.1 Å². The molecule has 0 spiro atoms. The summed E-state index contributed by atoms with van der Waals surface area (Å²) in [6, 6.07) is 17.1. The number of rotatable bonds is 9. The van der Waals surface area contributed by atoms with Crippen molar-refractivity contribution in [3.63, 3.8) is 0 Å². The lowest BCUT2D eigenvalue weighted by Crippen LogP contribution is -2.67. The molecule has 1 radical (unpaired) electrons. The Hall–Kier alpha value is -2.45. The van der Waals surface area contributed by atoms with E-state index in [0.29, 0.717) is 12.2 Å². The van der Waals surface area contributed by atoms with Crippen LogP contribution < -0.4 is 15.8 Å². The average Bonchev–Trinajstić information content (AvgIpc) is 2.86. The maximum absolute atomic E-state index is 13.8. The van der Waals surface area contributed by atoms with Crippen LogP contribution in [0.2, 0.25) is 0 Å². The van der Waals surface area contributed by atoms with E-state index in [1.807, 2.05) is 58.0 Å². The summed E-state index contributed by atoms with van der Waals surface area (Å²) in [7, 11) is 1.74. The SMILES string of the molecule is CC1(C)CC(NCC(O)COc2ccc(CC(N)=O)cc2)(c2ccccc2)C(C)(C)[N+]1(C)[O]. The fraction of sp³-hybridized carbons (Fsp3) is 0.500. The molecule has 1 fully saturated rings. The number of amides is 1. The molecule has 2 aromatic carbocycles. The number of nitrogens with zero attached hydrogens (tertiary/aromatic N) is 1. The van der Waals surface area contributed by atoms with Crippen molar-refractivity contribution in [1.82, 2.24) is 5.32 Å². The predicted molar refractivity (Wildman–Crippen MR) is 127 cm³/mol. The molecule has 0 aromatic heterocycles. The standard InChI is InChI=1S/C26H37N3O4/c1-24(2)18-26(20-9-7-6-8-10-20,25(3,4)29(24,5)32)28-16-21(30)17-33-22-13-11-19(12-14-22)15-23(27)31/h6-14,21,28,30H,15-18H2,1-5H3,(H2,27,31)/q+1. The number of likely N-dealkylation sites (N-methyl/N-ethyl adjacent to an activating group) is 1. The van der Waals surface area contributed by atoms with Crippen LogP contribution in [-0.4, -0.2) is 53.0 Å². The van der Waals surface area contributed by atoms with Gasteiger partial charge in [-0.05, 0) is 51.0 Å². The van der Waals surface area contributed by atoms with Crippen LogP contribution in [0.4, 0.5) is 0 Å². The van der Waals surface area contributed by atoms with Crippen LogP contribution in [0.15, 0.2) is 54.6 Å². The molecule has 1 aliphatic heterocycles. The molecular weight excluding hydrogens is 418 g/mol. The molecule has 0 aliphatic carbocycles. The van der Waals surface area contributed by atoms with Gasteiger partial charge in [0.05, 0.1) is 6.42 Å². The molecule has 1 aliphatic rings. The second kappa shape index (κ2) is 9.06. The Balaban J connectivity index is 1.73. The normalized spacial score (nSPS) is 26.6. The number of quaternary nitrogens is 1. The van der Waals surface area contributed by atoms with Gasteiger partial charge < -0.3 is 15.6 Å². The van der Waals surface area contributed by atoms with Gasteiger partial charge in [-0.1, -0.05) is 42.5 Å². The van der Waals surface area contributed by atoms with E-state index in [2.05, 4.69) is 5.32 Å². The Bertz CT molecular complexity index is 957. The number of carbonyl (C=O) groups excluding carboxylic acids is 1. The summed E-state index contributed by atoms with van der Waals surface area (Å²) in [6.07, 6.45) is 0.0321. The number of aliphatic hydroxyl groups is 1. The van der Waals surface area contributed by atoms with Crippen LogP contribution in [0.3, 0.4) is 0 Å². The van der Waals surface area contributed by atoms with Crippen molar-refractivity contribution in [3.8, 4) is 5.75 Å². The Morgan fingerprint density at radius 1 is 1.12 bits per heavy atom. The third-order valence-corrected chi connectivity index (χ3v) is 7.61. The lowest BCUT2D eigenvalue weighted by Gasteiger charge is -2.45. The molecule has 3 unspecified atom stereocenters. The van der Waals surface area contributed by atoms with E-state index in [4.69, 9.17) is 10.5 Å². The van der Waals surface area contributed by atoms with E-state index in [1.165, 1.54) is 0 Å². The zero-order valence-electron chi connectivity index (χ0n) is 20.3. The van der Waals surface area contributed by atoms with Crippen molar-refractivity contribution in [1.29, 1.82) is 0 Å². The molecule has 7 heteroatoms. The number of hydroxylamine groups is 3. The number of benzene rings is 2. The van der Waals surface area contributed by atoms with Gasteiger partial charge in [-0.15, -0.1) is 4.65 Å². The Kier molecular flexibility index (Phi) is 6.92. The first-order valence-electron chi connectivity index (χ1n) is 11.4. The Morgan fingerprint density at radius 3 is 2.24 bits per heavy atom. The molecule has 7 nitrogen and oxygen atoms in total. The zero-order chi connectivity index (χ0) is 24.5. The van der Waals surface area contributed by atoms with Crippen molar-refractivity contribution in [2.24, 2.45) is 5.73 Å². The van der Waals surface area contributed by atoms with E-state index < -0.39 is 27.4 Å². The Morgan fingerprint density at radius 2 is 1.73 bits per heavy atom. The van der Waals surface area contributed by atoms with Gasteiger partial charge in [-0.2, -0.15) is 0 Å². The molecule has 0 bridgehead atoms. The minimum absolute atomic E-state index is 0.0976. The molecule has 1 saturated heterocycles. The minimum atomic E-state index is -0.777. The van der Waals surface area contributed by atoms with Crippen LogP contribution in [0, 0.1) is 0 Å². The molecule has 3 atom stereocenters. The van der Waals surface area contributed by atoms with Crippen molar-refractivity contribution in [2.45, 2.75) is 63.3 Å². The number of hydrogen-bond acceptors (Lipinski definition) is 4. The summed E-state index contributed by atoms with van der Waals surface area (Å²) in [5.74, 6) is 0.217. The van der Waals surface area contributed by atoms with E-state index in [0.717, 1.165) is 11.1 Å². The summed E-state index contributed by atoms with van der Waals surface area (Å²) < 4.78 is 5.35. The van der Waals surface area contributed by atoms with Crippen molar-refractivity contribution < 1.29 is 24.5 Å². The van der Waals surface area contributed by atoms with Crippen LogP contribution in [-0.2, 0) is 22.0 Å². The number of hydrogen-bond donors (Lipinski definition) is 3. The van der Waals surface area contributed by atoms with E-state index >= 15 is 0 Å². The molecular formula is C26H37N3O4+. The molecule has 33 heavy (non-hydrogen) atoms. The lowest BCUT2D eigenvalue weighted by molar-refractivity contribution is -1.17. The number of ether oxygens (including phenoxy) is 1. The number of primary amides is 1. The van der Waals surface area contributed by atoms with Gasteiger partial charge in [-0.25, -0.2) is 0 Å². The minimum Gasteiger partial charge on any atom is -0.491 e. The number of nitrogens with two attached hydrogens (primary N) is 1. The van der Waals surface area contributed by atoms with E-state index in [-0.39, 0.29) is 25.5 Å². The third-order valence-electron chi connectivity index (χ3n) is 7.61. The van der Waals surface area contributed by atoms with Crippen molar-refractivity contribution >= 4 is 5.91 Å². The van der Waals surface area contributed by atoms with Crippen LogP contribution in [0.25, 0.3) is 0 Å². The second-order valence-corrected chi connectivity index (χ2v) is 10.4. The molecule has 2 aromatic rings. The summed E-state index contributed by atoms with van der Waals surface area (Å²) >= 11 is 0. The monoisotopic (exact) mass is 455 g/mol. The highest BCUT2D eigenvalue weighted by Crippen LogP contribution is 2.56. The summed E-state index contributed by atoms with van der Waals surface area (Å²) in [4.78, 5) is 11.0. The number of likely N-dealkylation sites (tertiary alicyclic amines) is 1. The average molecular weight is 456 g/mol. The summed E-state index contributed by atoms with van der Waals surface area (Å²) in [5, 5.41) is 28.1. The van der Waals surface area contributed by atoms with E-state index in [1.54, 1.807) is 31.3 Å². The number of carbonyl (C=O) groups is 1. The van der Waals surface area contributed by atoms with Gasteiger partial charge in [0.1, 0.15) is 42.1 Å². The van der Waals surface area contributed by atoms with Crippen LogP contribution >= 0.6 is 0 Å². The highest BCUT2D eigenvalue weighted by molar-refractivity contribution is 5.76. The topological polar surface area (TPSA) is 104 Å². The number of aliphatic hydroxyl groups excluding tert-OH is 1. The van der Waals surface area contributed by atoms with Crippen molar-refractivity contribution in [2.75, 3.05) is 20.2 Å².